The van der Waals surface area contributed by atoms with E-state index in [1.807, 2.05) is 26.6 Å². The van der Waals surface area contributed by atoms with Gasteiger partial charge in [0, 0.05) is 18.3 Å². The Hall–Kier alpha value is -2.28. The van der Waals surface area contributed by atoms with E-state index in [1.54, 1.807) is 17.4 Å². The fraction of sp³-hybridized carbons (Fsp3) is 0.333. The summed E-state index contributed by atoms with van der Waals surface area (Å²) in [5.41, 5.74) is 1.47. The van der Waals surface area contributed by atoms with Gasteiger partial charge in [0.1, 0.15) is 0 Å². The summed E-state index contributed by atoms with van der Waals surface area (Å²) in [6, 6.07) is 3.66. The molecule has 0 aliphatic carbocycles. The molecule has 4 rings (SSSR count). The second kappa shape index (κ2) is 5.17. The van der Waals surface area contributed by atoms with Gasteiger partial charge in [0.2, 0.25) is 5.91 Å². The van der Waals surface area contributed by atoms with Gasteiger partial charge in [-0.25, -0.2) is 0 Å². The molecule has 22 heavy (non-hydrogen) atoms. The van der Waals surface area contributed by atoms with Crippen LogP contribution in [0.25, 0.3) is 0 Å². The molecule has 2 fully saturated rings. The molecule has 0 aromatic carbocycles. The molecule has 2 unspecified atom stereocenters. The van der Waals surface area contributed by atoms with E-state index in [1.165, 1.54) is 12.4 Å². The second-order valence-electron chi connectivity index (χ2n) is 5.50. The molecular weight excluding hydrogens is 300 g/mol. The van der Waals surface area contributed by atoms with Crippen LogP contribution in [0.1, 0.15) is 23.2 Å². The van der Waals surface area contributed by atoms with Gasteiger partial charge < -0.3 is 9.80 Å². The van der Waals surface area contributed by atoms with E-state index >= 15 is 0 Å². The Kier molecular flexibility index (Phi) is 3.15. The molecule has 0 N–H and O–H groups in total. The Balaban J connectivity index is 1.60. The van der Waals surface area contributed by atoms with Gasteiger partial charge in [-0.15, -0.1) is 0 Å². The summed E-state index contributed by atoms with van der Waals surface area (Å²) in [6.07, 6.45) is 4.20. The molecule has 0 radical (unpaired) electrons. The molecule has 4 heterocycles. The predicted octanol–water partition coefficient (Wildman–Crippen LogP) is 1.56. The van der Waals surface area contributed by atoms with Gasteiger partial charge in [0.25, 0.3) is 5.91 Å². The third-order valence-corrected chi connectivity index (χ3v) is 5.04. The lowest BCUT2D eigenvalue weighted by Crippen LogP contribution is -2.40. The summed E-state index contributed by atoms with van der Waals surface area (Å²) in [7, 11) is 0. The van der Waals surface area contributed by atoms with Crippen molar-refractivity contribution in [3.8, 4) is 0 Å². The van der Waals surface area contributed by atoms with Gasteiger partial charge >= 0.3 is 0 Å². The van der Waals surface area contributed by atoms with Crippen molar-refractivity contribution in [3.63, 3.8) is 0 Å². The first-order valence-electron chi connectivity index (χ1n) is 7.17. The lowest BCUT2D eigenvalue weighted by molar-refractivity contribution is -0.117. The van der Waals surface area contributed by atoms with Gasteiger partial charge in [0.05, 0.1) is 35.7 Å². The zero-order valence-corrected chi connectivity index (χ0v) is 12.6. The van der Waals surface area contributed by atoms with Crippen LogP contribution in [0.15, 0.2) is 35.3 Å². The van der Waals surface area contributed by atoms with Crippen molar-refractivity contribution < 1.29 is 9.59 Å². The van der Waals surface area contributed by atoms with Crippen LogP contribution in [-0.2, 0) is 4.79 Å². The molecule has 2 atom stereocenters. The summed E-state index contributed by atoms with van der Waals surface area (Å²) >= 11 is 1.58. The van der Waals surface area contributed by atoms with Crippen LogP contribution < -0.4 is 4.90 Å². The van der Waals surface area contributed by atoms with Crippen LogP contribution in [0, 0.1) is 0 Å². The fourth-order valence-corrected chi connectivity index (χ4v) is 4.04. The quantitative estimate of drug-likeness (QED) is 0.844. The Morgan fingerprint density at radius 1 is 1.27 bits per heavy atom. The molecule has 0 bridgehead atoms. The predicted molar refractivity (Wildman–Crippen MR) is 81.7 cm³/mol. The molecular formula is C15H14N4O2S. The summed E-state index contributed by atoms with van der Waals surface area (Å²) in [5.74, 6) is 0.0288. The molecule has 112 valence electrons. The van der Waals surface area contributed by atoms with Gasteiger partial charge in [-0.05, 0) is 23.9 Å². The molecule has 2 aromatic heterocycles. The van der Waals surface area contributed by atoms with Crippen LogP contribution >= 0.6 is 11.3 Å². The molecule has 6 nitrogen and oxygen atoms in total. The van der Waals surface area contributed by atoms with E-state index in [0.29, 0.717) is 18.5 Å². The zero-order valence-electron chi connectivity index (χ0n) is 11.8. The summed E-state index contributed by atoms with van der Waals surface area (Å²) in [4.78, 5) is 28.7. The van der Waals surface area contributed by atoms with Crippen molar-refractivity contribution in [2.45, 2.75) is 24.9 Å². The van der Waals surface area contributed by atoms with Crippen LogP contribution in [0.2, 0.25) is 0 Å². The first kappa shape index (κ1) is 13.4. The smallest absolute Gasteiger partial charge is 0.255 e. The standard InChI is InChI=1S/C15H14N4O2S/c20-14-7-13-12(19(14)11-3-6-22-9-11)2-5-18(13)15(21)10-1-4-16-17-8-10/h1,3-4,6,8-9,12-13H,2,5,7H2. The average Bonchev–Trinajstić information content (AvgIpc) is 3.24. The molecule has 2 aliphatic rings. The van der Waals surface area contributed by atoms with Gasteiger partial charge in [-0.3, -0.25) is 9.59 Å². The van der Waals surface area contributed by atoms with Gasteiger partial charge in [-0.1, -0.05) is 0 Å². The average molecular weight is 314 g/mol. The number of rotatable bonds is 2. The third kappa shape index (κ3) is 2.00. The Bertz CT molecular complexity index is 704. The minimum absolute atomic E-state index is 0.0481. The van der Waals surface area contributed by atoms with Crippen LogP contribution in [0.5, 0.6) is 0 Å². The molecule has 7 heteroatoms. The van der Waals surface area contributed by atoms with Crippen molar-refractivity contribution in [2.75, 3.05) is 11.4 Å². The van der Waals surface area contributed by atoms with Crippen LogP contribution in [0.3, 0.4) is 0 Å². The minimum atomic E-state index is -0.0673. The molecule has 2 aromatic rings. The number of likely N-dealkylation sites (tertiary alicyclic amines) is 1. The monoisotopic (exact) mass is 314 g/mol. The Morgan fingerprint density at radius 3 is 2.91 bits per heavy atom. The molecule has 2 saturated heterocycles. The van der Waals surface area contributed by atoms with E-state index in [4.69, 9.17) is 0 Å². The normalized spacial score (nSPS) is 23.9. The van der Waals surface area contributed by atoms with Crippen molar-refractivity contribution >= 4 is 28.8 Å². The third-order valence-electron chi connectivity index (χ3n) is 4.37. The molecule has 2 aliphatic heterocycles. The topological polar surface area (TPSA) is 66.4 Å². The molecule has 0 spiro atoms. The largest absolute Gasteiger partial charge is 0.333 e. The first-order chi connectivity index (χ1) is 10.8. The number of fused-ring (bicyclic) bond motifs is 1. The maximum atomic E-state index is 12.6. The van der Waals surface area contributed by atoms with Crippen LogP contribution in [0.4, 0.5) is 5.69 Å². The van der Waals surface area contributed by atoms with E-state index < -0.39 is 0 Å². The highest BCUT2D eigenvalue weighted by Gasteiger charge is 2.49. The summed E-state index contributed by atoms with van der Waals surface area (Å²) < 4.78 is 0. The number of anilines is 1. The number of nitrogens with zero attached hydrogens (tertiary/aromatic N) is 4. The SMILES string of the molecule is O=C(c1ccnnc1)N1CCC2C1CC(=O)N2c1ccsc1. The fourth-order valence-electron chi connectivity index (χ4n) is 3.41. The number of hydrogen-bond acceptors (Lipinski definition) is 5. The van der Waals surface area contributed by atoms with E-state index in [-0.39, 0.29) is 23.9 Å². The summed E-state index contributed by atoms with van der Waals surface area (Å²) in [6.45, 7) is 0.671. The van der Waals surface area contributed by atoms with E-state index in [2.05, 4.69) is 10.2 Å². The number of hydrogen-bond donors (Lipinski definition) is 0. The molecule has 2 amide bonds. The maximum Gasteiger partial charge on any atom is 0.255 e. The highest BCUT2D eigenvalue weighted by atomic mass is 32.1. The molecule has 0 saturated carbocycles. The lowest BCUT2D eigenvalue weighted by atomic mass is 10.1. The minimum Gasteiger partial charge on any atom is -0.333 e. The number of carbonyl (C=O) groups is 2. The van der Waals surface area contributed by atoms with Crippen molar-refractivity contribution in [1.29, 1.82) is 0 Å². The highest BCUT2D eigenvalue weighted by molar-refractivity contribution is 7.08. The van der Waals surface area contributed by atoms with Crippen molar-refractivity contribution in [2.24, 2.45) is 0 Å². The van der Waals surface area contributed by atoms with Crippen molar-refractivity contribution in [1.82, 2.24) is 15.1 Å². The van der Waals surface area contributed by atoms with Gasteiger partial charge in [-0.2, -0.15) is 21.5 Å². The van der Waals surface area contributed by atoms with Crippen LogP contribution in [-0.4, -0.2) is 45.5 Å². The van der Waals surface area contributed by atoms with E-state index in [9.17, 15) is 9.59 Å². The number of thiophene rings is 1. The zero-order chi connectivity index (χ0) is 15.1. The number of aromatic nitrogens is 2. The van der Waals surface area contributed by atoms with E-state index in [0.717, 1.165) is 12.1 Å². The lowest BCUT2D eigenvalue weighted by Gasteiger charge is -2.24. The Labute approximate surface area is 131 Å². The Morgan fingerprint density at radius 2 is 2.18 bits per heavy atom. The first-order valence-corrected chi connectivity index (χ1v) is 8.12. The maximum absolute atomic E-state index is 12.6. The highest BCUT2D eigenvalue weighted by Crippen LogP contribution is 2.37. The van der Waals surface area contributed by atoms with Gasteiger partial charge in [0.15, 0.2) is 0 Å². The number of carbonyl (C=O) groups excluding carboxylic acids is 2. The summed E-state index contributed by atoms with van der Waals surface area (Å²) in [5, 5.41) is 11.4. The number of amides is 2. The van der Waals surface area contributed by atoms with Crippen molar-refractivity contribution in [3.05, 3.63) is 40.8 Å². The second-order valence-corrected chi connectivity index (χ2v) is 6.28.